The van der Waals surface area contributed by atoms with Crippen LogP contribution in [0.4, 0.5) is 0 Å². The predicted molar refractivity (Wildman–Crippen MR) is 80.3 cm³/mol. The first-order chi connectivity index (χ1) is 9.85. The topological polar surface area (TPSA) is 72.5 Å². The predicted octanol–water partition coefficient (Wildman–Crippen LogP) is 1.32. The van der Waals surface area contributed by atoms with E-state index >= 15 is 0 Å². The van der Waals surface area contributed by atoms with E-state index in [4.69, 9.17) is 16.0 Å². The highest BCUT2D eigenvalue weighted by atomic mass is 35.5. The van der Waals surface area contributed by atoms with Crippen LogP contribution in [0.5, 0.6) is 0 Å². The third kappa shape index (κ3) is 2.86. The average Bonchev–Trinajstić information content (AvgIpc) is 2.91. The maximum Gasteiger partial charge on any atom is 0.421 e. The molecule has 1 aromatic heterocycles. The van der Waals surface area contributed by atoms with Crippen molar-refractivity contribution in [3.05, 3.63) is 33.8 Å². The average molecular weight is 331 g/mol. The molecule has 0 N–H and O–H groups in total. The standard InChI is InChI=1S/C13H15ClN2O4S/c1-15(10-4-5-21(18,19)7-10)8-16-11-6-9(14)2-3-12(11)20-13(16)17/h2-3,6,10H,4-5,7-8H2,1H3. The number of halogens is 1. The molecule has 2 aromatic rings. The molecule has 3 rings (SSSR count). The van der Waals surface area contributed by atoms with Gasteiger partial charge in [0.25, 0.3) is 0 Å². The van der Waals surface area contributed by atoms with Gasteiger partial charge >= 0.3 is 5.76 Å². The fourth-order valence-corrected chi connectivity index (χ4v) is 4.60. The molecule has 1 atom stereocenters. The lowest BCUT2D eigenvalue weighted by molar-refractivity contribution is 0.204. The van der Waals surface area contributed by atoms with Gasteiger partial charge in [-0.1, -0.05) is 11.6 Å². The Morgan fingerprint density at radius 1 is 1.48 bits per heavy atom. The van der Waals surface area contributed by atoms with Crippen LogP contribution in [0, 0.1) is 0 Å². The number of fused-ring (bicyclic) bond motifs is 1. The van der Waals surface area contributed by atoms with E-state index in [-0.39, 0.29) is 24.2 Å². The van der Waals surface area contributed by atoms with E-state index in [1.165, 1.54) is 4.57 Å². The van der Waals surface area contributed by atoms with Crippen molar-refractivity contribution >= 4 is 32.5 Å². The maximum atomic E-state index is 11.9. The van der Waals surface area contributed by atoms with E-state index in [0.717, 1.165) is 0 Å². The molecular weight excluding hydrogens is 316 g/mol. The van der Waals surface area contributed by atoms with Crippen LogP contribution in [0.3, 0.4) is 0 Å². The molecular formula is C13H15ClN2O4S. The molecule has 2 heterocycles. The minimum absolute atomic E-state index is 0.0777. The van der Waals surface area contributed by atoms with Gasteiger partial charge in [0.2, 0.25) is 0 Å². The van der Waals surface area contributed by atoms with Crippen LogP contribution in [0.1, 0.15) is 6.42 Å². The normalized spacial score (nSPS) is 21.4. The quantitative estimate of drug-likeness (QED) is 0.848. The summed E-state index contributed by atoms with van der Waals surface area (Å²) < 4.78 is 29.7. The Kier molecular flexibility index (Phi) is 3.59. The highest BCUT2D eigenvalue weighted by molar-refractivity contribution is 7.91. The molecule has 8 heteroatoms. The second-order valence-corrected chi connectivity index (χ2v) is 8.03. The highest BCUT2D eigenvalue weighted by Crippen LogP contribution is 2.21. The Balaban J connectivity index is 1.90. The van der Waals surface area contributed by atoms with Crippen LogP contribution >= 0.6 is 11.6 Å². The molecule has 0 spiro atoms. The molecule has 0 aliphatic carbocycles. The summed E-state index contributed by atoms with van der Waals surface area (Å²) in [5.74, 6) is -0.135. The molecule has 1 aromatic carbocycles. The van der Waals surface area contributed by atoms with Crippen LogP contribution in [0.2, 0.25) is 5.02 Å². The van der Waals surface area contributed by atoms with Crippen molar-refractivity contribution in [3.8, 4) is 0 Å². The van der Waals surface area contributed by atoms with Crippen molar-refractivity contribution in [1.29, 1.82) is 0 Å². The molecule has 1 unspecified atom stereocenters. The second kappa shape index (κ2) is 5.15. The Hall–Kier alpha value is -1.31. The molecule has 114 valence electrons. The Labute approximate surface area is 126 Å². The first-order valence-corrected chi connectivity index (χ1v) is 8.75. The summed E-state index contributed by atoms with van der Waals surface area (Å²) in [6.45, 7) is 0.270. The van der Waals surface area contributed by atoms with Crippen LogP contribution in [-0.2, 0) is 16.5 Å². The molecule has 6 nitrogen and oxygen atoms in total. The smallest absolute Gasteiger partial charge is 0.408 e. The summed E-state index contributed by atoms with van der Waals surface area (Å²) in [6.07, 6.45) is 0.587. The monoisotopic (exact) mass is 330 g/mol. The first-order valence-electron chi connectivity index (χ1n) is 6.55. The van der Waals surface area contributed by atoms with E-state index < -0.39 is 15.6 Å². The Morgan fingerprint density at radius 2 is 2.24 bits per heavy atom. The number of sulfone groups is 1. The lowest BCUT2D eigenvalue weighted by atomic mass is 10.2. The van der Waals surface area contributed by atoms with Gasteiger partial charge in [-0.25, -0.2) is 13.2 Å². The van der Waals surface area contributed by atoms with Crippen LogP contribution in [0.15, 0.2) is 27.4 Å². The lowest BCUT2D eigenvalue weighted by Crippen LogP contribution is -2.36. The molecule has 0 saturated carbocycles. The number of oxazole rings is 1. The van der Waals surface area contributed by atoms with E-state index in [1.54, 1.807) is 25.2 Å². The SMILES string of the molecule is CN(Cn1c(=O)oc2ccc(Cl)cc21)C1CCS(=O)(=O)C1. The third-order valence-electron chi connectivity index (χ3n) is 3.83. The number of benzene rings is 1. The largest absolute Gasteiger partial charge is 0.421 e. The number of hydrogen-bond acceptors (Lipinski definition) is 5. The summed E-state index contributed by atoms with van der Waals surface area (Å²) in [4.78, 5) is 13.8. The Morgan fingerprint density at radius 3 is 2.90 bits per heavy atom. The van der Waals surface area contributed by atoms with Crippen molar-refractivity contribution in [1.82, 2.24) is 9.47 Å². The molecule has 21 heavy (non-hydrogen) atoms. The van der Waals surface area contributed by atoms with E-state index in [9.17, 15) is 13.2 Å². The highest BCUT2D eigenvalue weighted by Gasteiger charge is 2.31. The lowest BCUT2D eigenvalue weighted by Gasteiger charge is -2.22. The fraction of sp³-hybridized carbons (Fsp3) is 0.462. The first kappa shape index (κ1) is 14.6. The zero-order chi connectivity index (χ0) is 15.2. The zero-order valence-electron chi connectivity index (χ0n) is 11.5. The van der Waals surface area contributed by atoms with Crippen LogP contribution < -0.4 is 5.76 Å². The molecule has 1 aliphatic rings. The van der Waals surface area contributed by atoms with Crippen LogP contribution in [-0.4, -0.2) is 42.5 Å². The molecule has 1 saturated heterocycles. The third-order valence-corrected chi connectivity index (χ3v) is 5.81. The Bertz CT molecular complexity index is 839. The summed E-state index contributed by atoms with van der Waals surface area (Å²) >= 11 is 5.95. The minimum Gasteiger partial charge on any atom is -0.408 e. The maximum absolute atomic E-state index is 11.9. The van der Waals surface area contributed by atoms with Gasteiger partial charge in [0, 0.05) is 11.1 Å². The molecule has 1 aliphatic heterocycles. The zero-order valence-corrected chi connectivity index (χ0v) is 13.0. The number of nitrogens with zero attached hydrogens (tertiary/aromatic N) is 2. The second-order valence-electron chi connectivity index (χ2n) is 5.36. The fourth-order valence-electron chi connectivity index (χ4n) is 2.63. The van der Waals surface area contributed by atoms with Gasteiger partial charge in [-0.05, 0) is 31.7 Å². The van der Waals surface area contributed by atoms with Crippen LogP contribution in [0.25, 0.3) is 11.1 Å². The van der Waals surface area contributed by atoms with E-state index in [0.29, 0.717) is 22.5 Å². The van der Waals surface area contributed by atoms with Crippen molar-refractivity contribution < 1.29 is 12.8 Å². The van der Waals surface area contributed by atoms with E-state index in [2.05, 4.69) is 0 Å². The summed E-state index contributed by atoms with van der Waals surface area (Å²) in [5.41, 5.74) is 1.08. The van der Waals surface area contributed by atoms with Crippen molar-refractivity contribution in [2.75, 3.05) is 18.6 Å². The number of aromatic nitrogens is 1. The number of hydrogen-bond donors (Lipinski definition) is 0. The number of rotatable bonds is 3. The molecule has 0 amide bonds. The van der Waals surface area contributed by atoms with Gasteiger partial charge in [0.05, 0.1) is 23.7 Å². The van der Waals surface area contributed by atoms with Gasteiger partial charge in [-0.3, -0.25) is 9.47 Å². The van der Waals surface area contributed by atoms with Crippen molar-refractivity contribution in [3.63, 3.8) is 0 Å². The van der Waals surface area contributed by atoms with E-state index in [1.807, 2.05) is 4.90 Å². The van der Waals surface area contributed by atoms with Crippen molar-refractivity contribution in [2.24, 2.45) is 0 Å². The molecule has 0 radical (unpaired) electrons. The molecule has 0 bridgehead atoms. The van der Waals surface area contributed by atoms with Gasteiger partial charge in [0.15, 0.2) is 15.4 Å². The van der Waals surface area contributed by atoms with Crippen molar-refractivity contribution in [2.45, 2.75) is 19.1 Å². The van der Waals surface area contributed by atoms with Gasteiger partial charge < -0.3 is 4.42 Å². The summed E-state index contributed by atoms with van der Waals surface area (Å²) in [6, 6.07) is 4.90. The summed E-state index contributed by atoms with van der Waals surface area (Å²) in [5, 5.41) is 0.517. The van der Waals surface area contributed by atoms with Gasteiger partial charge in [-0.15, -0.1) is 0 Å². The molecule has 1 fully saturated rings. The minimum atomic E-state index is -2.95. The summed E-state index contributed by atoms with van der Waals surface area (Å²) in [7, 11) is -1.15. The van der Waals surface area contributed by atoms with Gasteiger partial charge in [0.1, 0.15) is 0 Å². The van der Waals surface area contributed by atoms with Gasteiger partial charge in [-0.2, -0.15) is 0 Å².